The van der Waals surface area contributed by atoms with Crippen LogP contribution in [-0.4, -0.2) is 35.7 Å². The molecule has 1 heterocycles. The number of hydrogen-bond acceptors (Lipinski definition) is 3. The maximum Gasteiger partial charge on any atom is 0.305 e. The predicted octanol–water partition coefficient (Wildman–Crippen LogP) is 2.73. The van der Waals surface area contributed by atoms with E-state index in [1.54, 1.807) is 0 Å². The van der Waals surface area contributed by atoms with Crippen LogP contribution in [0.5, 0.6) is 0 Å². The summed E-state index contributed by atoms with van der Waals surface area (Å²) in [6.07, 6.45) is 8.40. The molecule has 1 saturated heterocycles. The fraction of sp³-hybridized carbons (Fsp3) is 0.882. The fourth-order valence-corrected chi connectivity index (χ4v) is 3.81. The Morgan fingerprint density at radius 1 is 1.23 bits per heavy atom. The molecule has 0 aromatic heterocycles. The van der Waals surface area contributed by atoms with E-state index in [4.69, 9.17) is 9.84 Å². The minimum atomic E-state index is -0.859. The number of nitrogens with one attached hydrogen (secondary N) is 1. The molecule has 2 N–H and O–H groups in total. The van der Waals surface area contributed by atoms with Gasteiger partial charge in [-0.25, -0.2) is 0 Å². The lowest BCUT2D eigenvalue weighted by atomic mass is 9.82. The number of carbonyl (C=O) groups is 2. The van der Waals surface area contributed by atoms with Crippen LogP contribution in [0.15, 0.2) is 0 Å². The first-order valence-electron chi connectivity index (χ1n) is 8.62. The maximum absolute atomic E-state index is 12.5. The maximum atomic E-state index is 12.5. The number of carboxylic acids is 1. The van der Waals surface area contributed by atoms with Crippen LogP contribution in [0, 0.1) is 11.8 Å². The van der Waals surface area contributed by atoms with E-state index in [2.05, 4.69) is 5.32 Å². The summed E-state index contributed by atoms with van der Waals surface area (Å²) in [6, 6.07) is 0. The molecular formula is C17H29NO4. The third kappa shape index (κ3) is 4.97. The Hall–Kier alpha value is -1.10. The first-order valence-corrected chi connectivity index (χ1v) is 8.62. The molecule has 0 aromatic rings. The van der Waals surface area contributed by atoms with Gasteiger partial charge in [-0.05, 0) is 25.2 Å². The number of carboxylic acid groups (broad SMARTS) is 1. The minimum absolute atomic E-state index is 0.00808. The van der Waals surface area contributed by atoms with E-state index in [1.165, 1.54) is 32.1 Å². The van der Waals surface area contributed by atoms with Gasteiger partial charge in [0, 0.05) is 19.1 Å². The van der Waals surface area contributed by atoms with Crippen molar-refractivity contribution in [2.24, 2.45) is 11.8 Å². The lowest BCUT2D eigenvalue weighted by Gasteiger charge is -2.38. The highest BCUT2D eigenvalue weighted by Crippen LogP contribution is 2.30. The standard InChI is InChI=1S/C17H29NO4/c1-13(11-14-5-3-2-4-6-14)16(21)18-17(12-15(19)20)7-9-22-10-8-17/h13-14H,2-12H2,1H3,(H,18,21)(H,19,20). The van der Waals surface area contributed by atoms with E-state index in [0.717, 1.165) is 6.42 Å². The number of rotatable bonds is 6. The Morgan fingerprint density at radius 2 is 1.86 bits per heavy atom. The van der Waals surface area contributed by atoms with Crippen molar-refractivity contribution in [1.29, 1.82) is 0 Å². The van der Waals surface area contributed by atoms with Gasteiger partial charge in [-0.3, -0.25) is 9.59 Å². The van der Waals surface area contributed by atoms with Crippen molar-refractivity contribution in [1.82, 2.24) is 5.32 Å². The average Bonchev–Trinajstić information content (AvgIpc) is 2.48. The van der Waals surface area contributed by atoms with Gasteiger partial charge in [0.1, 0.15) is 0 Å². The molecule has 1 aliphatic heterocycles. The molecule has 1 amide bonds. The molecule has 1 atom stereocenters. The summed E-state index contributed by atoms with van der Waals surface area (Å²) in [5.74, 6) is -0.243. The normalized spacial score (nSPS) is 23.7. The molecule has 1 unspecified atom stereocenters. The molecular weight excluding hydrogens is 282 g/mol. The van der Waals surface area contributed by atoms with Crippen LogP contribution in [0.3, 0.4) is 0 Å². The second-order valence-corrected chi connectivity index (χ2v) is 7.09. The predicted molar refractivity (Wildman–Crippen MR) is 83.5 cm³/mol. The third-order valence-electron chi connectivity index (χ3n) is 5.19. The second-order valence-electron chi connectivity index (χ2n) is 7.09. The van der Waals surface area contributed by atoms with Crippen molar-refractivity contribution < 1.29 is 19.4 Å². The van der Waals surface area contributed by atoms with Crippen molar-refractivity contribution in [3.05, 3.63) is 0 Å². The van der Waals surface area contributed by atoms with Gasteiger partial charge in [0.2, 0.25) is 5.91 Å². The molecule has 126 valence electrons. The number of amides is 1. The zero-order valence-electron chi connectivity index (χ0n) is 13.6. The van der Waals surface area contributed by atoms with Crippen molar-refractivity contribution in [2.45, 2.75) is 70.3 Å². The Labute approximate surface area is 132 Å². The van der Waals surface area contributed by atoms with Crippen molar-refractivity contribution in [3.63, 3.8) is 0 Å². The third-order valence-corrected chi connectivity index (χ3v) is 5.19. The molecule has 0 spiro atoms. The van der Waals surface area contributed by atoms with Crippen molar-refractivity contribution in [3.8, 4) is 0 Å². The van der Waals surface area contributed by atoms with Gasteiger partial charge < -0.3 is 15.2 Å². The summed E-state index contributed by atoms with van der Waals surface area (Å²) in [6.45, 7) is 3.01. The van der Waals surface area contributed by atoms with Crippen molar-refractivity contribution in [2.75, 3.05) is 13.2 Å². The largest absolute Gasteiger partial charge is 0.481 e. The zero-order chi connectivity index (χ0) is 16.0. The Morgan fingerprint density at radius 3 is 2.45 bits per heavy atom. The highest BCUT2D eigenvalue weighted by Gasteiger charge is 2.37. The second kappa shape index (κ2) is 7.95. The summed E-state index contributed by atoms with van der Waals surface area (Å²) in [4.78, 5) is 23.7. The zero-order valence-corrected chi connectivity index (χ0v) is 13.6. The summed E-state index contributed by atoms with van der Waals surface area (Å²) >= 11 is 0. The molecule has 0 bridgehead atoms. The van der Waals surface area contributed by atoms with E-state index in [9.17, 15) is 9.59 Å². The SMILES string of the molecule is CC(CC1CCCCC1)C(=O)NC1(CC(=O)O)CCOCC1. The molecule has 2 rings (SSSR count). The number of hydrogen-bond donors (Lipinski definition) is 2. The minimum Gasteiger partial charge on any atom is -0.481 e. The Balaban J connectivity index is 1.90. The van der Waals surface area contributed by atoms with E-state index in [0.29, 0.717) is 32.0 Å². The van der Waals surface area contributed by atoms with Crippen LogP contribution in [0.1, 0.15) is 64.7 Å². The molecule has 1 aliphatic carbocycles. The first kappa shape index (κ1) is 17.3. The summed E-state index contributed by atoms with van der Waals surface area (Å²) in [5.41, 5.74) is -0.623. The van der Waals surface area contributed by atoms with E-state index < -0.39 is 11.5 Å². The highest BCUT2D eigenvalue weighted by atomic mass is 16.5. The average molecular weight is 311 g/mol. The lowest BCUT2D eigenvalue weighted by Crippen LogP contribution is -2.54. The molecule has 5 nitrogen and oxygen atoms in total. The smallest absolute Gasteiger partial charge is 0.305 e. The molecule has 0 aromatic carbocycles. The quantitative estimate of drug-likeness (QED) is 0.791. The summed E-state index contributed by atoms with van der Waals surface area (Å²) < 4.78 is 5.33. The molecule has 1 saturated carbocycles. The van der Waals surface area contributed by atoms with Gasteiger partial charge in [-0.1, -0.05) is 39.0 Å². The van der Waals surface area contributed by atoms with Gasteiger partial charge in [0.15, 0.2) is 0 Å². The van der Waals surface area contributed by atoms with E-state index in [-0.39, 0.29) is 18.2 Å². The van der Waals surface area contributed by atoms with Crippen molar-refractivity contribution >= 4 is 11.9 Å². The Kier molecular flexibility index (Phi) is 6.24. The monoisotopic (exact) mass is 311 g/mol. The van der Waals surface area contributed by atoms with Gasteiger partial charge in [-0.15, -0.1) is 0 Å². The molecule has 22 heavy (non-hydrogen) atoms. The molecule has 2 fully saturated rings. The fourth-order valence-electron chi connectivity index (χ4n) is 3.81. The summed E-state index contributed by atoms with van der Waals surface area (Å²) in [5, 5.41) is 12.2. The van der Waals surface area contributed by atoms with Crippen LogP contribution in [-0.2, 0) is 14.3 Å². The van der Waals surface area contributed by atoms with Gasteiger partial charge >= 0.3 is 5.97 Å². The van der Waals surface area contributed by atoms with Crippen LogP contribution >= 0.6 is 0 Å². The summed E-state index contributed by atoms with van der Waals surface area (Å²) in [7, 11) is 0. The topological polar surface area (TPSA) is 75.6 Å². The van der Waals surface area contributed by atoms with Crippen LogP contribution in [0.2, 0.25) is 0 Å². The van der Waals surface area contributed by atoms with Gasteiger partial charge in [0.05, 0.1) is 12.0 Å². The Bertz CT molecular complexity index is 384. The van der Waals surface area contributed by atoms with Crippen LogP contribution in [0.4, 0.5) is 0 Å². The molecule has 2 aliphatic rings. The van der Waals surface area contributed by atoms with E-state index in [1.807, 2.05) is 6.92 Å². The highest BCUT2D eigenvalue weighted by molar-refractivity contribution is 5.80. The molecule has 0 radical (unpaired) electrons. The first-order chi connectivity index (χ1) is 10.5. The number of carbonyl (C=O) groups excluding carboxylic acids is 1. The van der Waals surface area contributed by atoms with E-state index >= 15 is 0 Å². The lowest BCUT2D eigenvalue weighted by molar-refractivity contribution is -0.141. The van der Waals surface area contributed by atoms with Crippen LogP contribution < -0.4 is 5.32 Å². The molecule has 5 heteroatoms. The number of aliphatic carboxylic acids is 1. The van der Waals surface area contributed by atoms with Crippen LogP contribution in [0.25, 0.3) is 0 Å². The number of ether oxygens (including phenoxy) is 1. The van der Waals surface area contributed by atoms with Gasteiger partial charge in [0.25, 0.3) is 0 Å². The van der Waals surface area contributed by atoms with Gasteiger partial charge in [-0.2, -0.15) is 0 Å².